The second kappa shape index (κ2) is 12.4. The molecule has 6 fully saturated rings. The Hall–Kier alpha value is 0.530. The molecular formula is C33H54S3. The van der Waals surface area contributed by atoms with Gasteiger partial charge in [-0.1, -0.05) is 73.6 Å². The highest BCUT2D eigenvalue weighted by Crippen LogP contribution is 2.59. The third-order valence-corrected chi connectivity index (χ3v) is 15.4. The molecule has 0 heterocycles. The molecule has 204 valence electrons. The number of hydrogen-bond acceptors (Lipinski definition) is 3. The van der Waals surface area contributed by atoms with Crippen LogP contribution in [0.3, 0.4) is 0 Å². The molecule has 8 aliphatic carbocycles. The molecule has 0 radical (unpaired) electrons. The van der Waals surface area contributed by atoms with Crippen LogP contribution in [0.4, 0.5) is 0 Å². The lowest BCUT2D eigenvalue weighted by atomic mass is 9.90. The first-order chi connectivity index (χ1) is 17.4. The summed E-state index contributed by atoms with van der Waals surface area (Å²) in [6.45, 7) is 9.70. The van der Waals surface area contributed by atoms with Gasteiger partial charge in [-0.2, -0.15) is 12.6 Å². The fourth-order valence-electron chi connectivity index (χ4n) is 9.51. The van der Waals surface area contributed by atoms with E-state index in [4.69, 9.17) is 0 Å². The molecular weight excluding hydrogens is 493 g/mol. The average molecular weight is 547 g/mol. The van der Waals surface area contributed by atoms with Crippen LogP contribution in [0.5, 0.6) is 0 Å². The van der Waals surface area contributed by atoms with Crippen LogP contribution in [-0.2, 0) is 0 Å². The SMILES string of the molecule is CC1CC2C=CC1C2.CC1CC2C=CC1C2.CC1CC2CC1CC2SSC1CC2CC1CC2C.CS. The standard InChI is InChI=1S/C16H26S2.2C8H12.CH4S/c1-9-3-13-5-11(9)7-15(13)17-18-16-8-12-6-14(16)4-10(12)2;2*1-6-4-7-2-3-8(6)5-7;1-2/h9-16H,3-8H2,1-2H3;2*2-3,6-8H,4-5H2,1H3;2H,1H3. The van der Waals surface area contributed by atoms with Gasteiger partial charge in [0.2, 0.25) is 0 Å². The van der Waals surface area contributed by atoms with Crippen LogP contribution < -0.4 is 0 Å². The summed E-state index contributed by atoms with van der Waals surface area (Å²) in [6.07, 6.45) is 26.4. The Balaban J connectivity index is 0.000000123. The normalized spacial score (nSPS) is 51.6. The number of rotatable bonds is 3. The Morgan fingerprint density at radius 3 is 1.06 bits per heavy atom. The van der Waals surface area contributed by atoms with Gasteiger partial charge in [-0.05, 0) is 141 Å². The summed E-state index contributed by atoms with van der Waals surface area (Å²) in [4.78, 5) is 0. The average Bonchev–Trinajstić information content (AvgIpc) is 3.71. The zero-order valence-electron chi connectivity index (χ0n) is 23.7. The number of thiol groups is 1. The van der Waals surface area contributed by atoms with Crippen molar-refractivity contribution in [1.82, 2.24) is 0 Å². The predicted octanol–water partition coefficient (Wildman–Crippen LogP) is 10.2. The largest absolute Gasteiger partial charge is 0.183 e. The highest BCUT2D eigenvalue weighted by Gasteiger charge is 2.47. The minimum absolute atomic E-state index is 0.958. The Morgan fingerprint density at radius 1 is 0.444 bits per heavy atom. The molecule has 0 amide bonds. The quantitative estimate of drug-likeness (QED) is 0.212. The lowest BCUT2D eigenvalue weighted by molar-refractivity contribution is 0.366. The van der Waals surface area contributed by atoms with E-state index in [0.717, 1.165) is 81.5 Å². The summed E-state index contributed by atoms with van der Waals surface area (Å²) in [6, 6.07) is 0. The van der Waals surface area contributed by atoms with Gasteiger partial charge in [-0.15, -0.1) is 0 Å². The Morgan fingerprint density at radius 2 is 0.861 bits per heavy atom. The van der Waals surface area contributed by atoms with Crippen molar-refractivity contribution in [1.29, 1.82) is 0 Å². The minimum atomic E-state index is 0.958. The molecule has 3 heteroatoms. The molecule has 36 heavy (non-hydrogen) atoms. The van der Waals surface area contributed by atoms with Crippen LogP contribution in [0.1, 0.15) is 91.9 Å². The molecule has 6 saturated carbocycles. The lowest BCUT2D eigenvalue weighted by Crippen LogP contribution is -2.20. The van der Waals surface area contributed by atoms with Gasteiger partial charge < -0.3 is 0 Å². The predicted molar refractivity (Wildman–Crippen MR) is 167 cm³/mol. The summed E-state index contributed by atoms with van der Waals surface area (Å²) in [5, 5.41) is 2.04. The molecule has 8 rings (SSSR count). The first kappa shape index (κ1) is 28.1. The van der Waals surface area contributed by atoms with Gasteiger partial charge in [0.1, 0.15) is 0 Å². The highest BCUT2D eigenvalue weighted by atomic mass is 33.1. The van der Waals surface area contributed by atoms with Gasteiger partial charge in [0.05, 0.1) is 0 Å². The zero-order chi connectivity index (χ0) is 25.4. The van der Waals surface area contributed by atoms with Crippen LogP contribution in [0.25, 0.3) is 0 Å². The molecule has 0 saturated heterocycles. The summed E-state index contributed by atoms with van der Waals surface area (Å²) in [7, 11) is 4.61. The highest BCUT2D eigenvalue weighted by molar-refractivity contribution is 8.77. The second-order valence-corrected chi connectivity index (χ2v) is 16.9. The Bertz CT molecular complexity index is 707. The summed E-state index contributed by atoms with van der Waals surface area (Å²) in [5.74, 6) is 12.3. The number of hydrogen-bond donors (Lipinski definition) is 1. The maximum Gasteiger partial charge on any atom is 0.0182 e. The van der Waals surface area contributed by atoms with Gasteiger partial charge in [0.15, 0.2) is 0 Å². The van der Waals surface area contributed by atoms with Crippen LogP contribution in [0, 0.1) is 71.0 Å². The van der Waals surface area contributed by atoms with E-state index < -0.39 is 0 Å². The third kappa shape index (κ3) is 6.14. The van der Waals surface area contributed by atoms with Crippen molar-refractivity contribution >= 4 is 34.2 Å². The summed E-state index contributed by atoms with van der Waals surface area (Å²) in [5.41, 5.74) is 0. The van der Waals surface area contributed by atoms with Crippen LogP contribution >= 0.6 is 34.2 Å². The van der Waals surface area contributed by atoms with E-state index in [2.05, 4.69) is 86.2 Å². The molecule has 8 aliphatic rings. The van der Waals surface area contributed by atoms with Crippen molar-refractivity contribution in [2.24, 2.45) is 71.0 Å². The van der Waals surface area contributed by atoms with E-state index in [1.807, 2.05) is 0 Å². The molecule has 0 aromatic heterocycles. The fraction of sp³-hybridized carbons (Fsp3) is 0.879. The molecule has 14 unspecified atom stereocenters. The minimum Gasteiger partial charge on any atom is -0.183 e. The van der Waals surface area contributed by atoms with Crippen molar-refractivity contribution in [3.63, 3.8) is 0 Å². The van der Waals surface area contributed by atoms with Crippen molar-refractivity contribution in [3.8, 4) is 0 Å². The van der Waals surface area contributed by atoms with Crippen molar-refractivity contribution < 1.29 is 0 Å². The van der Waals surface area contributed by atoms with Crippen molar-refractivity contribution in [2.75, 3.05) is 6.26 Å². The van der Waals surface area contributed by atoms with Gasteiger partial charge in [-0.25, -0.2) is 0 Å². The van der Waals surface area contributed by atoms with Gasteiger partial charge in [-0.3, -0.25) is 0 Å². The van der Waals surface area contributed by atoms with Gasteiger partial charge in [0, 0.05) is 10.5 Å². The van der Waals surface area contributed by atoms with E-state index in [1.54, 1.807) is 31.9 Å². The van der Waals surface area contributed by atoms with E-state index >= 15 is 0 Å². The maximum atomic E-state index is 3.53. The molecule has 0 aromatic carbocycles. The summed E-state index contributed by atoms with van der Waals surface area (Å²) >= 11 is 3.53. The second-order valence-electron chi connectivity index (χ2n) is 14.2. The number of allylic oxidation sites excluding steroid dienone is 4. The van der Waals surface area contributed by atoms with Crippen LogP contribution in [-0.4, -0.2) is 16.8 Å². The maximum absolute atomic E-state index is 3.53. The zero-order valence-corrected chi connectivity index (χ0v) is 26.3. The summed E-state index contributed by atoms with van der Waals surface area (Å²) < 4.78 is 0. The molecule has 0 spiro atoms. The fourth-order valence-corrected chi connectivity index (χ4v) is 13.5. The van der Waals surface area contributed by atoms with Crippen molar-refractivity contribution in [2.45, 2.75) is 102 Å². The number of fused-ring (bicyclic) bond motifs is 8. The van der Waals surface area contributed by atoms with Gasteiger partial charge >= 0.3 is 0 Å². The van der Waals surface area contributed by atoms with E-state index in [9.17, 15) is 0 Å². The lowest BCUT2D eigenvalue weighted by Gasteiger charge is -2.28. The Kier molecular flexibility index (Phi) is 9.64. The molecule has 0 aromatic rings. The molecule has 0 aliphatic heterocycles. The Labute approximate surface area is 237 Å². The third-order valence-electron chi connectivity index (χ3n) is 11.8. The molecule has 14 atom stereocenters. The van der Waals surface area contributed by atoms with E-state index in [1.165, 1.54) is 38.5 Å². The molecule has 0 nitrogen and oxygen atoms in total. The van der Waals surface area contributed by atoms with Crippen molar-refractivity contribution in [3.05, 3.63) is 24.3 Å². The smallest absolute Gasteiger partial charge is 0.0182 e. The monoisotopic (exact) mass is 546 g/mol. The topological polar surface area (TPSA) is 0 Å². The first-order valence-electron chi connectivity index (χ1n) is 15.6. The van der Waals surface area contributed by atoms with E-state index in [-0.39, 0.29) is 0 Å². The van der Waals surface area contributed by atoms with E-state index in [0.29, 0.717) is 0 Å². The van der Waals surface area contributed by atoms with Gasteiger partial charge in [0.25, 0.3) is 0 Å². The molecule has 0 N–H and O–H groups in total. The first-order valence-corrected chi connectivity index (χ1v) is 18.7. The van der Waals surface area contributed by atoms with Crippen LogP contribution in [0.2, 0.25) is 0 Å². The van der Waals surface area contributed by atoms with Crippen LogP contribution in [0.15, 0.2) is 24.3 Å². The molecule has 8 bridgehead atoms.